The third kappa shape index (κ3) is 3.29. The SMILES string of the molecule is Cn1nnc2c(N3CC(C(=O)N4CCN(Cc5ccc6c(c5)OCO6)CC4)C3)ncnc21. The van der Waals surface area contributed by atoms with Crippen LogP contribution in [0.25, 0.3) is 11.2 Å². The summed E-state index contributed by atoms with van der Waals surface area (Å²) in [6, 6.07) is 6.09. The summed E-state index contributed by atoms with van der Waals surface area (Å²) in [6.45, 7) is 5.67. The molecule has 3 aliphatic heterocycles. The van der Waals surface area contributed by atoms with Gasteiger partial charge in [-0.15, -0.1) is 5.10 Å². The van der Waals surface area contributed by atoms with Gasteiger partial charge in [-0.25, -0.2) is 14.6 Å². The molecular formula is C21H24N8O3. The minimum atomic E-state index is -0.00269. The van der Waals surface area contributed by atoms with Crippen LogP contribution in [0.4, 0.5) is 5.82 Å². The van der Waals surface area contributed by atoms with Crippen LogP contribution in [0.2, 0.25) is 0 Å². The summed E-state index contributed by atoms with van der Waals surface area (Å²) in [7, 11) is 1.81. The number of hydrogen-bond acceptors (Lipinski definition) is 9. The monoisotopic (exact) mass is 436 g/mol. The van der Waals surface area contributed by atoms with E-state index in [4.69, 9.17) is 9.47 Å². The maximum Gasteiger partial charge on any atom is 0.231 e. The summed E-state index contributed by atoms with van der Waals surface area (Å²) in [5.74, 6) is 2.60. The van der Waals surface area contributed by atoms with Gasteiger partial charge >= 0.3 is 0 Å². The first kappa shape index (κ1) is 19.2. The Labute approximate surface area is 184 Å². The minimum Gasteiger partial charge on any atom is -0.454 e. The Bertz CT molecular complexity index is 1170. The van der Waals surface area contributed by atoms with Gasteiger partial charge in [0.15, 0.2) is 28.5 Å². The average Bonchev–Trinajstić information content (AvgIpc) is 3.40. The molecule has 3 aliphatic rings. The Morgan fingerprint density at radius 3 is 2.75 bits per heavy atom. The van der Waals surface area contributed by atoms with E-state index >= 15 is 0 Å². The summed E-state index contributed by atoms with van der Waals surface area (Å²) in [4.78, 5) is 28.1. The molecule has 1 aromatic carbocycles. The largest absolute Gasteiger partial charge is 0.454 e. The number of amides is 1. The highest BCUT2D eigenvalue weighted by atomic mass is 16.7. The van der Waals surface area contributed by atoms with E-state index in [0.717, 1.165) is 50.0 Å². The fourth-order valence-corrected chi connectivity index (χ4v) is 4.56. The molecule has 2 aromatic heterocycles. The topological polar surface area (TPSA) is 102 Å². The van der Waals surface area contributed by atoms with Crippen molar-refractivity contribution < 1.29 is 14.3 Å². The van der Waals surface area contributed by atoms with Crippen LogP contribution in [-0.4, -0.2) is 86.7 Å². The van der Waals surface area contributed by atoms with Crippen LogP contribution in [0.1, 0.15) is 5.56 Å². The molecule has 2 saturated heterocycles. The van der Waals surface area contributed by atoms with E-state index in [2.05, 4.69) is 36.1 Å². The van der Waals surface area contributed by atoms with Gasteiger partial charge in [-0.2, -0.15) is 0 Å². The molecule has 0 aliphatic carbocycles. The zero-order valence-corrected chi connectivity index (χ0v) is 17.8. The molecule has 11 nitrogen and oxygen atoms in total. The van der Waals surface area contributed by atoms with E-state index in [1.165, 1.54) is 11.9 Å². The summed E-state index contributed by atoms with van der Waals surface area (Å²) in [5, 5.41) is 8.20. The number of benzene rings is 1. The molecule has 11 heteroatoms. The predicted molar refractivity (Wildman–Crippen MR) is 114 cm³/mol. The van der Waals surface area contributed by atoms with E-state index in [1.807, 2.05) is 17.0 Å². The van der Waals surface area contributed by atoms with Gasteiger partial charge in [0.2, 0.25) is 12.7 Å². The first-order valence-corrected chi connectivity index (χ1v) is 10.8. The van der Waals surface area contributed by atoms with Crippen LogP contribution in [0.15, 0.2) is 24.5 Å². The van der Waals surface area contributed by atoms with Crippen molar-refractivity contribution in [2.75, 3.05) is 51.0 Å². The predicted octanol–water partition coefficient (Wildman–Crippen LogP) is 0.268. The number of aryl methyl sites for hydroxylation is 1. The number of anilines is 1. The molecule has 3 aromatic rings. The fraction of sp³-hybridized carbons (Fsp3) is 0.476. The van der Waals surface area contributed by atoms with Crippen molar-refractivity contribution in [1.82, 2.24) is 34.8 Å². The highest BCUT2D eigenvalue weighted by molar-refractivity contribution is 5.86. The lowest BCUT2D eigenvalue weighted by atomic mass is 9.98. The van der Waals surface area contributed by atoms with Crippen LogP contribution in [-0.2, 0) is 18.4 Å². The second kappa shape index (κ2) is 7.59. The zero-order valence-electron chi connectivity index (χ0n) is 17.8. The number of nitrogens with zero attached hydrogens (tertiary/aromatic N) is 8. The summed E-state index contributed by atoms with van der Waals surface area (Å²) in [5.41, 5.74) is 2.57. The van der Waals surface area contributed by atoms with Crippen LogP contribution in [0.5, 0.6) is 11.5 Å². The van der Waals surface area contributed by atoms with Gasteiger partial charge < -0.3 is 19.3 Å². The Morgan fingerprint density at radius 2 is 1.91 bits per heavy atom. The van der Waals surface area contributed by atoms with Crippen molar-refractivity contribution in [2.45, 2.75) is 6.54 Å². The standard InChI is InChI=1S/C21H24N8O3/c1-26-19-18(24-25-26)20(23-12-22-19)29-10-15(11-29)21(30)28-6-4-27(5-7-28)9-14-2-3-16-17(8-14)32-13-31-16/h2-3,8,12,15H,4-7,9-11,13H2,1H3. The molecule has 0 radical (unpaired) electrons. The first-order valence-electron chi connectivity index (χ1n) is 10.8. The molecule has 2 fully saturated rings. The smallest absolute Gasteiger partial charge is 0.231 e. The molecule has 0 saturated carbocycles. The molecule has 0 spiro atoms. The number of piperazine rings is 1. The molecule has 6 rings (SSSR count). The van der Waals surface area contributed by atoms with Crippen LogP contribution in [0.3, 0.4) is 0 Å². The van der Waals surface area contributed by atoms with Crippen molar-refractivity contribution in [3.8, 4) is 11.5 Å². The first-order chi connectivity index (χ1) is 15.7. The maximum atomic E-state index is 13.0. The Kier molecular flexibility index (Phi) is 4.56. The quantitative estimate of drug-likeness (QED) is 0.570. The molecule has 0 unspecified atom stereocenters. The van der Waals surface area contributed by atoms with Gasteiger partial charge in [-0.05, 0) is 17.7 Å². The van der Waals surface area contributed by atoms with Crippen molar-refractivity contribution in [3.05, 3.63) is 30.1 Å². The number of carbonyl (C=O) groups is 1. The number of carbonyl (C=O) groups excluding carboxylic acids is 1. The number of fused-ring (bicyclic) bond motifs is 2. The molecule has 0 N–H and O–H groups in total. The third-order valence-corrected chi connectivity index (χ3v) is 6.43. The van der Waals surface area contributed by atoms with E-state index < -0.39 is 0 Å². The van der Waals surface area contributed by atoms with Gasteiger partial charge in [0, 0.05) is 52.9 Å². The van der Waals surface area contributed by atoms with E-state index in [1.54, 1.807) is 11.7 Å². The van der Waals surface area contributed by atoms with Crippen molar-refractivity contribution in [1.29, 1.82) is 0 Å². The Hall–Kier alpha value is -3.47. The molecule has 166 valence electrons. The average molecular weight is 436 g/mol. The summed E-state index contributed by atoms with van der Waals surface area (Å²) >= 11 is 0. The summed E-state index contributed by atoms with van der Waals surface area (Å²) in [6.07, 6.45) is 1.52. The van der Waals surface area contributed by atoms with Crippen LogP contribution >= 0.6 is 0 Å². The Morgan fingerprint density at radius 1 is 1.09 bits per heavy atom. The highest BCUT2D eigenvalue weighted by Gasteiger charge is 2.38. The van der Waals surface area contributed by atoms with Gasteiger partial charge in [0.05, 0.1) is 5.92 Å². The number of ether oxygens (including phenoxy) is 2. The van der Waals surface area contributed by atoms with E-state index in [-0.39, 0.29) is 11.8 Å². The van der Waals surface area contributed by atoms with Crippen molar-refractivity contribution in [3.63, 3.8) is 0 Å². The zero-order chi connectivity index (χ0) is 21.7. The second-order valence-corrected chi connectivity index (χ2v) is 8.47. The summed E-state index contributed by atoms with van der Waals surface area (Å²) < 4.78 is 12.5. The Balaban J connectivity index is 1.02. The van der Waals surface area contributed by atoms with Gasteiger partial charge in [-0.1, -0.05) is 11.3 Å². The molecule has 5 heterocycles. The number of hydrogen-bond donors (Lipinski definition) is 0. The van der Waals surface area contributed by atoms with E-state index in [0.29, 0.717) is 31.0 Å². The minimum absolute atomic E-state index is 0.00269. The second-order valence-electron chi connectivity index (χ2n) is 8.47. The molecule has 0 atom stereocenters. The van der Waals surface area contributed by atoms with Crippen LogP contribution < -0.4 is 14.4 Å². The lowest BCUT2D eigenvalue weighted by Gasteiger charge is -2.43. The molecule has 0 bridgehead atoms. The molecule has 1 amide bonds. The third-order valence-electron chi connectivity index (χ3n) is 6.43. The number of rotatable bonds is 4. The lowest BCUT2D eigenvalue weighted by Crippen LogP contribution is -2.58. The number of aromatic nitrogens is 5. The molecular weight excluding hydrogens is 412 g/mol. The van der Waals surface area contributed by atoms with Gasteiger partial charge in [-0.3, -0.25) is 9.69 Å². The lowest BCUT2D eigenvalue weighted by molar-refractivity contribution is -0.138. The molecule has 32 heavy (non-hydrogen) atoms. The van der Waals surface area contributed by atoms with Crippen LogP contribution in [0, 0.1) is 5.92 Å². The fourth-order valence-electron chi connectivity index (χ4n) is 4.56. The van der Waals surface area contributed by atoms with E-state index in [9.17, 15) is 4.79 Å². The maximum absolute atomic E-state index is 13.0. The highest BCUT2D eigenvalue weighted by Crippen LogP contribution is 2.33. The van der Waals surface area contributed by atoms with Gasteiger partial charge in [0.25, 0.3) is 0 Å². The van der Waals surface area contributed by atoms with Crippen molar-refractivity contribution >= 4 is 22.9 Å². The normalized spacial score (nSPS) is 18.9. The van der Waals surface area contributed by atoms with Gasteiger partial charge in [0.1, 0.15) is 6.33 Å². The van der Waals surface area contributed by atoms with Crippen molar-refractivity contribution in [2.24, 2.45) is 13.0 Å².